The van der Waals surface area contributed by atoms with E-state index >= 15 is 0 Å². The first kappa shape index (κ1) is 18.9. The van der Waals surface area contributed by atoms with Crippen molar-refractivity contribution in [1.82, 2.24) is 34.6 Å². The molecule has 1 aromatic carbocycles. The predicted molar refractivity (Wildman–Crippen MR) is 127 cm³/mol. The number of H-pyrrole nitrogens is 1. The number of fused-ring (bicyclic) bond motifs is 2. The van der Waals surface area contributed by atoms with Crippen LogP contribution >= 0.6 is 0 Å². The Hall–Kier alpha value is -3.78. The number of anilines is 1. The average molecular weight is 425 g/mol. The van der Waals surface area contributed by atoms with Gasteiger partial charge in [0, 0.05) is 79.3 Å². The van der Waals surface area contributed by atoms with Crippen molar-refractivity contribution >= 4 is 27.8 Å². The quantitative estimate of drug-likeness (QED) is 0.479. The van der Waals surface area contributed by atoms with Gasteiger partial charge in [-0.1, -0.05) is 6.07 Å². The van der Waals surface area contributed by atoms with Gasteiger partial charge in [0.15, 0.2) is 0 Å². The number of benzene rings is 1. The van der Waals surface area contributed by atoms with Crippen LogP contribution < -0.4 is 4.90 Å². The van der Waals surface area contributed by atoms with Gasteiger partial charge < -0.3 is 14.8 Å². The minimum atomic E-state index is 0.872. The molecule has 0 aliphatic carbocycles. The number of nitrogens with zero attached hydrogens (tertiary/aromatic N) is 7. The van der Waals surface area contributed by atoms with Crippen molar-refractivity contribution in [1.29, 1.82) is 0 Å². The van der Waals surface area contributed by atoms with E-state index in [-0.39, 0.29) is 0 Å². The van der Waals surface area contributed by atoms with Gasteiger partial charge >= 0.3 is 0 Å². The third-order valence-electron chi connectivity index (χ3n) is 6.30. The van der Waals surface area contributed by atoms with Gasteiger partial charge in [-0.2, -0.15) is 5.10 Å². The Morgan fingerprint density at radius 2 is 1.69 bits per heavy atom. The van der Waals surface area contributed by atoms with Crippen LogP contribution in [0.3, 0.4) is 0 Å². The van der Waals surface area contributed by atoms with E-state index in [1.165, 1.54) is 0 Å². The van der Waals surface area contributed by atoms with Gasteiger partial charge in [-0.05, 0) is 30.8 Å². The van der Waals surface area contributed by atoms with Crippen LogP contribution in [0, 0.1) is 0 Å². The summed E-state index contributed by atoms with van der Waals surface area (Å²) in [6, 6.07) is 8.60. The monoisotopic (exact) mass is 424 g/mol. The number of piperazine rings is 1. The molecule has 0 bridgehead atoms. The minimum absolute atomic E-state index is 0.872. The summed E-state index contributed by atoms with van der Waals surface area (Å²) < 4.78 is 1.81. The highest BCUT2D eigenvalue weighted by molar-refractivity contribution is 5.99. The van der Waals surface area contributed by atoms with Gasteiger partial charge in [-0.3, -0.25) is 4.68 Å². The molecule has 5 aromatic rings. The van der Waals surface area contributed by atoms with Crippen molar-refractivity contribution in [3.05, 3.63) is 55.4 Å². The van der Waals surface area contributed by atoms with Crippen molar-refractivity contribution in [3.8, 4) is 22.3 Å². The van der Waals surface area contributed by atoms with Crippen LogP contribution in [0.25, 0.3) is 44.2 Å². The van der Waals surface area contributed by atoms with Crippen LogP contribution in [0.1, 0.15) is 0 Å². The zero-order valence-electron chi connectivity index (χ0n) is 18.2. The lowest BCUT2D eigenvalue weighted by Crippen LogP contribution is -2.44. The maximum Gasteiger partial charge on any atom is 0.139 e. The highest BCUT2D eigenvalue weighted by Crippen LogP contribution is 2.34. The smallest absolute Gasteiger partial charge is 0.139 e. The van der Waals surface area contributed by atoms with Crippen molar-refractivity contribution in [2.75, 3.05) is 38.1 Å². The molecule has 32 heavy (non-hydrogen) atoms. The summed E-state index contributed by atoms with van der Waals surface area (Å²) in [6.45, 7) is 4.02. The fraction of sp³-hybridized carbons (Fsp3) is 0.250. The fourth-order valence-corrected chi connectivity index (χ4v) is 4.45. The lowest BCUT2D eigenvalue weighted by Gasteiger charge is -2.33. The first-order valence-corrected chi connectivity index (χ1v) is 10.8. The molecule has 5 heterocycles. The SMILES string of the molecule is CN1CCN(c2ncnc3ccc(-c4c[nH]c5ncc(-c6cnn(C)c6)cc45)cc23)CC1. The second-order valence-corrected chi connectivity index (χ2v) is 8.44. The number of hydrogen-bond donors (Lipinski definition) is 1. The van der Waals surface area contributed by atoms with Crippen molar-refractivity contribution in [2.45, 2.75) is 0 Å². The maximum absolute atomic E-state index is 4.66. The maximum atomic E-state index is 4.66. The molecule has 8 heteroatoms. The zero-order chi connectivity index (χ0) is 21.7. The molecule has 1 N–H and O–H groups in total. The number of likely N-dealkylation sites (N-methyl/N-ethyl adjacent to an activating group) is 1. The molecule has 0 atom stereocenters. The predicted octanol–water partition coefficient (Wildman–Crippen LogP) is 3.33. The van der Waals surface area contributed by atoms with Crippen LogP contribution in [-0.2, 0) is 7.05 Å². The molecule has 1 saturated heterocycles. The first-order valence-electron chi connectivity index (χ1n) is 10.8. The number of rotatable bonds is 3. The molecule has 6 rings (SSSR count). The summed E-state index contributed by atoms with van der Waals surface area (Å²) in [5.74, 6) is 1.01. The van der Waals surface area contributed by atoms with Crippen molar-refractivity contribution in [2.24, 2.45) is 7.05 Å². The summed E-state index contributed by atoms with van der Waals surface area (Å²) in [5, 5.41) is 6.46. The van der Waals surface area contributed by atoms with Crippen LogP contribution in [0.15, 0.2) is 55.4 Å². The number of pyridine rings is 1. The summed E-state index contributed by atoms with van der Waals surface area (Å²) in [6.07, 6.45) is 9.46. The molecule has 0 spiro atoms. The van der Waals surface area contributed by atoms with Gasteiger partial charge in [-0.15, -0.1) is 0 Å². The second-order valence-electron chi connectivity index (χ2n) is 8.44. The molecule has 1 aliphatic heterocycles. The largest absolute Gasteiger partial charge is 0.353 e. The summed E-state index contributed by atoms with van der Waals surface area (Å²) in [4.78, 5) is 21.9. The van der Waals surface area contributed by atoms with Gasteiger partial charge in [0.2, 0.25) is 0 Å². The number of aromatic amines is 1. The number of aryl methyl sites for hydroxylation is 1. The number of nitrogens with one attached hydrogen (secondary N) is 1. The van der Waals surface area contributed by atoms with E-state index in [4.69, 9.17) is 0 Å². The van der Waals surface area contributed by atoms with Crippen LogP contribution in [0.5, 0.6) is 0 Å². The summed E-state index contributed by atoms with van der Waals surface area (Å²) >= 11 is 0. The normalized spacial score (nSPS) is 15.1. The fourth-order valence-electron chi connectivity index (χ4n) is 4.45. The molecule has 1 aliphatic rings. The lowest BCUT2D eigenvalue weighted by atomic mass is 10.0. The molecule has 0 saturated carbocycles. The van der Waals surface area contributed by atoms with Gasteiger partial charge in [0.05, 0.1) is 11.7 Å². The molecule has 8 nitrogen and oxygen atoms in total. The van der Waals surface area contributed by atoms with Gasteiger partial charge in [0.25, 0.3) is 0 Å². The molecule has 0 radical (unpaired) electrons. The highest BCUT2D eigenvalue weighted by Gasteiger charge is 2.19. The lowest BCUT2D eigenvalue weighted by molar-refractivity contribution is 0.312. The van der Waals surface area contributed by atoms with Gasteiger partial charge in [0.1, 0.15) is 17.8 Å². The standard InChI is InChI=1S/C24H24N8/c1-30-5-7-32(8-6-30)24-20-9-16(3-4-22(20)27-15-28-24)21-13-26-23-19(21)10-17(11-25-23)18-12-29-31(2)14-18/h3-4,9-15H,5-8H2,1-2H3,(H,25,26). The highest BCUT2D eigenvalue weighted by atomic mass is 15.3. The third-order valence-corrected chi connectivity index (χ3v) is 6.30. The van der Waals surface area contributed by atoms with E-state index in [2.05, 4.69) is 66.1 Å². The van der Waals surface area contributed by atoms with Crippen LogP contribution in [-0.4, -0.2) is 67.8 Å². The Labute approximate surface area is 185 Å². The second kappa shape index (κ2) is 7.42. The van der Waals surface area contributed by atoms with Crippen LogP contribution in [0.4, 0.5) is 5.82 Å². The zero-order valence-corrected chi connectivity index (χ0v) is 18.2. The van der Waals surface area contributed by atoms with E-state index in [1.807, 2.05) is 31.8 Å². The Balaban J connectivity index is 1.46. The van der Waals surface area contributed by atoms with E-state index in [1.54, 1.807) is 11.0 Å². The first-order chi connectivity index (χ1) is 15.7. The Kier molecular flexibility index (Phi) is 4.39. The molecular weight excluding hydrogens is 400 g/mol. The molecule has 0 unspecified atom stereocenters. The van der Waals surface area contributed by atoms with E-state index < -0.39 is 0 Å². The number of aromatic nitrogens is 6. The third kappa shape index (κ3) is 3.20. The van der Waals surface area contributed by atoms with E-state index in [0.29, 0.717) is 0 Å². The molecule has 4 aromatic heterocycles. The Bertz CT molecular complexity index is 1420. The van der Waals surface area contributed by atoms with E-state index in [0.717, 1.165) is 76.2 Å². The summed E-state index contributed by atoms with van der Waals surface area (Å²) in [7, 11) is 4.09. The molecule has 0 amide bonds. The Morgan fingerprint density at radius 3 is 2.50 bits per heavy atom. The topological polar surface area (TPSA) is 78.8 Å². The average Bonchev–Trinajstić information content (AvgIpc) is 3.45. The van der Waals surface area contributed by atoms with Crippen LogP contribution in [0.2, 0.25) is 0 Å². The molecule has 1 fully saturated rings. The van der Waals surface area contributed by atoms with Crippen molar-refractivity contribution < 1.29 is 0 Å². The van der Waals surface area contributed by atoms with Gasteiger partial charge in [-0.25, -0.2) is 15.0 Å². The minimum Gasteiger partial charge on any atom is -0.353 e. The summed E-state index contributed by atoms with van der Waals surface area (Å²) in [5.41, 5.74) is 6.18. The molecular formula is C24H24N8. The van der Waals surface area contributed by atoms with Crippen molar-refractivity contribution in [3.63, 3.8) is 0 Å². The Morgan fingerprint density at radius 1 is 0.844 bits per heavy atom. The van der Waals surface area contributed by atoms with E-state index in [9.17, 15) is 0 Å². The molecule has 160 valence electrons. The number of hydrogen-bond acceptors (Lipinski definition) is 6.